The van der Waals surface area contributed by atoms with Crippen molar-refractivity contribution < 1.29 is 15.0 Å². The van der Waals surface area contributed by atoms with Gasteiger partial charge < -0.3 is 4.90 Å². The Labute approximate surface area is 171 Å². The van der Waals surface area contributed by atoms with Crippen LogP contribution in [0.5, 0.6) is 0 Å². The number of anilines is 2. The summed E-state index contributed by atoms with van der Waals surface area (Å²) in [6.07, 6.45) is 0. The van der Waals surface area contributed by atoms with Gasteiger partial charge in [0.15, 0.2) is 11.6 Å². The Hall–Kier alpha value is -3.11. The van der Waals surface area contributed by atoms with Crippen LogP contribution in [-0.2, 0) is 11.3 Å². The molecule has 0 saturated heterocycles. The summed E-state index contributed by atoms with van der Waals surface area (Å²) in [6.45, 7) is 3.75. The maximum Gasteiger partial charge on any atom is 0.219 e. The molecule has 29 heavy (non-hydrogen) atoms. The second-order valence-electron chi connectivity index (χ2n) is 6.65. The van der Waals surface area contributed by atoms with Crippen LogP contribution in [0.25, 0.3) is 21.8 Å². The van der Waals surface area contributed by atoms with Crippen molar-refractivity contribution >= 4 is 28.6 Å². The van der Waals surface area contributed by atoms with E-state index in [0.29, 0.717) is 17.9 Å². The Morgan fingerprint density at radius 3 is 2.69 bits per heavy atom. The first kappa shape index (κ1) is 19.2. The molecule has 0 fully saturated rings. The van der Waals surface area contributed by atoms with Crippen LogP contribution in [-0.4, -0.2) is 27.8 Å². The third-order valence-electron chi connectivity index (χ3n) is 4.60. The predicted octanol–water partition coefficient (Wildman–Crippen LogP) is 3.94. The molecule has 0 aliphatic carbocycles. The van der Waals surface area contributed by atoms with Crippen molar-refractivity contribution in [1.82, 2.24) is 20.4 Å². The number of thiazole rings is 1. The van der Waals surface area contributed by atoms with E-state index in [1.165, 1.54) is 18.3 Å². The molecule has 0 bridgehead atoms. The largest absolute Gasteiger partial charge is 0.339 e. The number of fused-ring (bicyclic) bond motifs is 1. The maximum atomic E-state index is 14.9. The summed E-state index contributed by atoms with van der Waals surface area (Å²) < 4.78 is 29.2. The summed E-state index contributed by atoms with van der Waals surface area (Å²) in [7, 11) is 1.71. The molecule has 1 aliphatic rings. The second kappa shape index (κ2) is 7.37. The van der Waals surface area contributed by atoms with E-state index in [1.54, 1.807) is 30.1 Å². The van der Waals surface area contributed by atoms with Gasteiger partial charge in [-0.2, -0.15) is 0 Å². The van der Waals surface area contributed by atoms with Crippen molar-refractivity contribution in [2.24, 2.45) is 0 Å². The molecule has 1 amide bonds. The first-order valence-electron chi connectivity index (χ1n) is 8.80. The van der Waals surface area contributed by atoms with Gasteiger partial charge in [-0.1, -0.05) is 6.07 Å². The quantitative estimate of drug-likeness (QED) is 0.595. The third-order valence-corrected chi connectivity index (χ3v) is 5.76. The lowest BCUT2D eigenvalue weighted by molar-refractivity contribution is -0.128. The summed E-state index contributed by atoms with van der Waals surface area (Å²) in [6, 6.07) is 6.29. The van der Waals surface area contributed by atoms with Crippen molar-refractivity contribution in [2.75, 3.05) is 17.9 Å². The fourth-order valence-corrected chi connectivity index (χ4v) is 4.08. The molecule has 0 spiro atoms. The van der Waals surface area contributed by atoms with Crippen molar-refractivity contribution in [3.63, 3.8) is 0 Å². The van der Waals surface area contributed by atoms with Gasteiger partial charge in [0.05, 0.1) is 28.5 Å². The van der Waals surface area contributed by atoms with E-state index < -0.39 is 11.6 Å². The molecule has 3 heterocycles. The number of carbonyl (C=O) groups is 1. The van der Waals surface area contributed by atoms with Crippen LogP contribution in [0, 0.1) is 18.6 Å². The monoisotopic (exact) mass is 418 g/mol. The number of halogens is 2. The van der Waals surface area contributed by atoms with Gasteiger partial charge >= 0.3 is 0 Å². The normalized spacial score (nSPS) is 12.3. The standard InChI is InChI=1S/C19H18F2N6OS.H2/c1-9-19(29-15(22-9)8-27(3)10(2)28)14-6-4-5-13(23-14)11-7-12(20)17-18(16(11)21)25-26-24-17;/h4-7,24-26H,8H2,1-3H3;1H. The smallest absolute Gasteiger partial charge is 0.219 e. The lowest BCUT2D eigenvalue weighted by atomic mass is 10.1. The third kappa shape index (κ3) is 3.52. The zero-order chi connectivity index (χ0) is 20.7. The number of benzene rings is 1. The van der Waals surface area contributed by atoms with E-state index in [2.05, 4.69) is 26.4 Å². The van der Waals surface area contributed by atoms with E-state index in [0.717, 1.165) is 21.6 Å². The second-order valence-corrected chi connectivity index (χ2v) is 7.73. The summed E-state index contributed by atoms with van der Waals surface area (Å²) in [4.78, 5) is 22.9. The zero-order valence-corrected chi connectivity index (χ0v) is 16.7. The predicted molar refractivity (Wildman–Crippen MR) is 110 cm³/mol. The molecule has 152 valence electrons. The summed E-state index contributed by atoms with van der Waals surface area (Å²) in [5.41, 5.74) is 9.35. The van der Waals surface area contributed by atoms with E-state index in [9.17, 15) is 13.6 Å². The Morgan fingerprint density at radius 2 is 1.93 bits per heavy atom. The first-order chi connectivity index (χ1) is 13.8. The molecule has 0 saturated carbocycles. The highest BCUT2D eigenvalue weighted by molar-refractivity contribution is 7.15. The topological polar surface area (TPSA) is 82.2 Å². The number of amides is 1. The van der Waals surface area contributed by atoms with Crippen LogP contribution in [0.1, 0.15) is 19.1 Å². The van der Waals surface area contributed by atoms with Crippen molar-refractivity contribution in [3.05, 3.63) is 46.6 Å². The van der Waals surface area contributed by atoms with Crippen molar-refractivity contribution in [2.45, 2.75) is 20.4 Å². The number of nitrogens with zero attached hydrogens (tertiary/aromatic N) is 3. The minimum Gasteiger partial charge on any atom is -0.339 e. The number of hydrogen-bond donors (Lipinski definition) is 3. The Kier molecular flexibility index (Phi) is 4.89. The summed E-state index contributed by atoms with van der Waals surface area (Å²) in [5.74, 6) is -1.25. The average Bonchev–Trinajstić information content (AvgIpc) is 3.32. The van der Waals surface area contributed by atoms with Gasteiger partial charge in [-0.05, 0) is 25.1 Å². The maximum absolute atomic E-state index is 14.9. The molecule has 0 atom stereocenters. The number of hydrogen-bond acceptors (Lipinski definition) is 7. The van der Waals surface area contributed by atoms with Gasteiger partial charge in [-0.3, -0.25) is 15.6 Å². The molecule has 3 N–H and O–H groups in total. The molecule has 2 aromatic heterocycles. The van der Waals surface area contributed by atoms with Crippen LogP contribution < -0.4 is 16.4 Å². The van der Waals surface area contributed by atoms with Crippen molar-refractivity contribution in [3.8, 4) is 21.8 Å². The molecule has 7 nitrogen and oxygen atoms in total. The number of pyridine rings is 1. The summed E-state index contributed by atoms with van der Waals surface area (Å²) >= 11 is 1.42. The highest BCUT2D eigenvalue weighted by Crippen LogP contribution is 2.37. The Balaban J connectivity index is 0.00000256. The zero-order valence-electron chi connectivity index (χ0n) is 15.9. The van der Waals surface area contributed by atoms with Crippen LogP contribution in [0.15, 0.2) is 24.3 Å². The molecule has 1 aliphatic heterocycles. The van der Waals surface area contributed by atoms with Crippen LogP contribution in [0.4, 0.5) is 20.2 Å². The van der Waals surface area contributed by atoms with E-state index in [-0.39, 0.29) is 24.3 Å². The fraction of sp³-hybridized carbons (Fsp3) is 0.211. The van der Waals surface area contributed by atoms with Gasteiger partial charge in [0.1, 0.15) is 16.4 Å². The number of nitrogens with one attached hydrogen (secondary N) is 3. The first-order valence-corrected chi connectivity index (χ1v) is 9.61. The molecule has 3 aromatic rings. The minimum atomic E-state index is -0.603. The molecule has 4 rings (SSSR count). The molecular formula is C19H20F2N6OS. The molecule has 0 unspecified atom stereocenters. The Morgan fingerprint density at radius 1 is 1.21 bits per heavy atom. The minimum absolute atomic E-state index is 0. The highest BCUT2D eigenvalue weighted by Gasteiger charge is 2.24. The molecule has 1 aromatic carbocycles. The Bertz CT molecular complexity index is 1120. The number of aromatic nitrogens is 2. The van der Waals surface area contributed by atoms with Crippen LogP contribution >= 0.6 is 11.3 Å². The van der Waals surface area contributed by atoms with Crippen LogP contribution in [0.3, 0.4) is 0 Å². The number of carbonyl (C=O) groups excluding carboxylic acids is 1. The number of hydrazine groups is 2. The van der Waals surface area contributed by atoms with Gasteiger partial charge in [0.2, 0.25) is 5.91 Å². The molecule has 10 heteroatoms. The lowest BCUT2D eigenvalue weighted by Gasteiger charge is -2.11. The van der Waals surface area contributed by atoms with E-state index >= 15 is 0 Å². The van der Waals surface area contributed by atoms with Gasteiger partial charge in [-0.25, -0.2) is 18.7 Å². The molecular weight excluding hydrogens is 398 g/mol. The van der Waals surface area contributed by atoms with E-state index in [1.807, 2.05) is 6.92 Å². The average molecular weight is 418 g/mol. The number of aryl methyl sites for hydroxylation is 1. The fourth-order valence-electron chi connectivity index (χ4n) is 2.99. The lowest BCUT2D eigenvalue weighted by Crippen LogP contribution is -2.22. The molecule has 0 radical (unpaired) electrons. The van der Waals surface area contributed by atoms with Gasteiger partial charge in [0, 0.05) is 21.0 Å². The van der Waals surface area contributed by atoms with Crippen molar-refractivity contribution in [1.29, 1.82) is 0 Å². The summed E-state index contributed by atoms with van der Waals surface area (Å²) in [5, 5.41) is 0.776. The van der Waals surface area contributed by atoms with Crippen LogP contribution in [0.2, 0.25) is 0 Å². The van der Waals surface area contributed by atoms with Gasteiger partial charge in [-0.15, -0.1) is 16.9 Å². The van der Waals surface area contributed by atoms with Gasteiger partial charge in [0.25, 0.3) is 0 Å². The number of rotatable bonds is 4. The SMILES string of the molecule is CC(=O)N(C)Cc1nc(C)c(-c2cccc(-c3cc(F)c4c(c3F)NNN4)n2)s1.[HH]. The van der Waals surface area contributed by atoms with E-state index in [4.69, 9.17) is 0 Å². The highest BCUT2D eigenvalue weighted by atomic mass is 32.1.